The number of nitrogens with one attached hydrogen (secondary N) is 1. The molecule has 1 unspecified atom stereocenters. The molecule has 6 heteroatoms. The van der Waals surface area contributed by atoms with Crippen LogP contribution in [0.4, 0.5) is 10.2 Å². The molecule has 0 radical (unpaired) electrons. The molecular weight excluding hydrogens is 331 g/mol. The zero-order valence-electron chi connectivity index (χ0n) is 15.1. The van der Waals surface area contributed by atoms with E-state index in [1.54, 1.807) is 18.3 Å². The first-order valence-electron chi connectivity index (χ1n) is 9.29. The number of benzene rings is 1. The van der Waals surface area contributed by atoms with Crippen LogP contribution in [0.1, 0.15) is 32.6 Å². The number of carbonyl (C=O) groups is 1. The summed E-state index contributed by atoms with van der Waals surface area (Å²) < 4.78 is 13.5. The standard InChI is InChI=1S/C20H25FN4O/c1-2-3-10-23-20(26)16-7-5-12-25(14-16)18-9-11-22-19(24-18)15-6-4-8-17(21)13-15/h4,6,8-9,11,13,16H,2-3,5,7,10,12,14H2,1H3,(H,23,26). The van der Waals surface area contributed by atoms with E-state index in [0.29, 0.717) is 17.9 Å². The predicted molar refractivity (Wildman–Crippen MR) is 100 cm³/mol. The highest BCUT2D eigenvalue weighted by atomic mass is 19.1. The summed E-state index contributed by atoms with van der Waals surface area (Å²) in [6.07, 6.45) is 5.61. The van der Waals surface area contributed by atoms with Crippen molar-refractivity contribution in [3.05, 3.63) is 42.3 Å². The van der Waals surface area contributed by atoms with E-state index in [-0.39, 0.29) is 17.6 Å². The van der Waals surface area contributed by atoms with Crippen LogP contribution in [0.25, 0.3) is 11.4 Å². The Balaban J connectivity index is 1.70. The highest BCUT2D eigenvalue weighted by Gasteiger charge is 2.26. The minimum atomic E-state index is -0.307. The fourth-order valence-corrected chi connectivity index (χ4v) is 3.22. The van der Waals surface area contributed by atoms with Crippen molar-refractivity contribution in [2.24, 2.45) is 5.92 Å². The van der Waals surface area contributed by atoms with E-state index in [1.165, 1.54) is 12.1 Å². The molecule has 0 saturated carbocycles. The first kappa shape index (κ1) is 18.3. The molecule has 1 N–H and O–H groups in total. The van der Waals surface area contributed by atoms with E-state index >= 15 is 0 Å². The van der Waals surface area contributed by atoms with Crippen LogP contribution in [0.15, 0.2) is 36.5 Å². The van der Waals surface area contributed by atoms with Crippen molar-refractivity contribution in [1.82, 2.24) is 15.3 Å². The summed E-state index contributed by atoms with van der Waals surface area (Å²) in [5.74, 6) is 1.08. The number of anilines is 1. The molecule has 1 aliphatic rings. The molecule has 3 rings (SSSR count). The second kappa shape index (κ2) is 8.74. The van der Waals surface area contributed by atoms with E-state index in [0.717, 1.165) is 44.6 Å². The summed E-state index contributed by atoms with van der Waals surface area (Å²) in [4.78, 5) is 23.3. The third-order valence-corrected chi connectivity index (χ3v) is 4.67. The normalized spacial score (nSPS) is 17.2. The molecule has 2 aromatic rings. The summed E-state index contributed by atoms with van der Waals surface area (Å²) in [6, 6.07) is 8.12. The lowest BCUT2D eigenvalue weighted by Crippen LogP contribution is -2.43. The van der Waals surface area contributed by atoms with Gasteiger partial charge in [0.25, 0.3) is 0 Å². The molecular formula is C20H25FN4O. The van der Waals surface area contributed by atoms with Crippen molar-refractivity contribution in [3.8, 4) is 11.4 Å². The summed E-state index contributed by atoms with van der Waals surface area (Å²) >= 11 is 0. The molecule has 0 spiro atoms. The average Bonchev–Trinajstić information content (AvgIpc) is 2.68. The van der Waals surface area contributed by atoms with Gasteiger partial charge in [0.1, 0.15) is 11.6 Å². The van der Waals surface area contributed by atoms with Crippen molar-refractivity contribution < 1.29 is 9.18 Å². The number of amides is 1. The van der Waals surface area contributed by atoms with Gasteiger partial charge in [0.15, 0.2) is 5.82 Å². The van der Waals surface area contributed by atoms with Gasteiger partial charge >= 0.3 is 0 Å². The zero-order valence-corrected chi connectivity index (χ0v) is 15.1. The number of halogens is 1. The minimum absolute atomic E-state index is 0.0202. The van der Waals surface area contributed by atoms with Crippen LogP contribution in [-0.4, -0.2) is 35.5 Å². The van der Waals surface area contributed by atoms with Crippen molar-refractivity contribution in [2.75, 3.05) is 24.5 Å². The van der Waals surface area contributed by atoms with Gasteiger partial charge in [0.2, 0.25) is 5.91 Å². The number of hydrogen-bond donors (Lipinski definition) is 1. The highest BCUT2D eigenvalue weighted by Crippen LogP contribution is 2.24. The second-order valence-electron chi connectivity index (χ2n) is 6.68. The Bertz CT molecular complexity index is 752. The van der Waals surface area contributed by atoms with Gasteiger partial charge in [0.05, 0.1) is 5.92 Å². The molecule has 26 heavy (non-hydrogen) atoms. The van der Waals surface area contributed by atoms with Crippen molar-refractivity contribution in [2.45, 2.75) is 32.6 Å². The molecule has 1 fully saturated rings. The molecule has 5 nitrogen and oxygen atoms in total. The number of piperidine rings is 1. The molecule has 1 aromatic carbocycles. The lowest BCUT2D eigenvalue weighted by atomic mass is 9.97. The molecule has 1 aromatic heterocycles. The SMILES string of the molecule is CCCCNC(=O)C1CCCN(c2ccnc(-c3cccc(F)c3)n2)C1. The van der Waals surface area contributed by atoms with Crippen LogP contribution < -0.4 is 10.2 Å². The predicted octanol–water partition coefficient (Wildman–Crippen LogP) is 3.42. The molecule has 0 bridgehead atoms. The molecule has 138 valence electrons. The number of aromatic nitrogens is 2. The summed E-state index contributed by atoms with van der Waals surface area (Å²) in [5.41, 5.74) is 0.651. The van der Waals surface area contributed by atoms with Gasteiger partial charge in [-0.15, -0.1) is 0 Å². The first-order valence-corrected chi connectivity index (χ1v) is 9.29. The minimum Gasteiger partial charge on any atom is -0.356 e. The van der Waals surface area contributed by atoms with E-state index in [1.807, 2.05) is 6.07 Å². The maximum absolute atomic E-state index is 13.5. The van der Waals surface area contributed by atoms with Gasteiger partial charge in [-0.05, 0) is 37.5 Å². The monoisotopic (exact) mass is 356 g/mol. The number of unbranched alkanes of at least 4 members (excludes halogenated alkanes) is 1. The number of hydrogen-bond acceptors (Lipinski definition) is 4. The van der Waals surface area contributed by atoms with Crippen molar-refractivity contribution in [3.63, 3.8) is 0 Å². The maximum atomic E-state index is 13.5. The molecule has 2 heterocycles. The molecule has 1 amide bonds. The Labute approximate surface area is 153 Å². The third kappa shape index (κ3) is 4.56. The summed E-state index contributed by atoms with van der Waals surface area (Å²) in [6.45, 7) is 4.36. The smallest absolute Gasteiger partial charge is 0.224 e. The number of carbonyl (C=O) groups excluding carboxylic acids is 1. The maximum Gasteiger partial charge on any atom is 0.224 e. The van der Waals surface area contributed by atoms with Gasteiger partial charge in [-0.3, -0.25) is 4.79 Å². The third-order valence-electron chi connectivity index (χ3n) is 4.67. The van der Waals surface area contributed by atoms with Crippen LogP contribution in [0, 0.1) is 11.7 Å². The Morgan fingerprint density at radius 1 is 1.38 bits per heavy atom. The van der Waals surface area contributed by atoms with Crippen LogP contribution in [0.2, 0.25) is 0 Å². The van der Waals surface area contributed by atoms with Gasteiger partial charge < -0.3 is 10.2 Å². The Morgan fingerprint density at radius 3 is 3.08 bits per heavy atom. The fraction of sp³-hybridized carbons (Fsp3) is 0.450. The lowest BCUT2D eigenvalue weighted by molar-refractivity contribution is -0.125. The Kier molecular flexibility index (Phi) is 6.15. The first-order chi connectivity index (χ1) is 12.7. The Morgan fingerprint density at radius 2 is 2.27 bits per heavy atom. The van der Waals surface area contributed by atoms with Crippen LogP contribution in [-0.2, 0) is 4.79 Å². The van der Waals surface area contributed by atoms with Crippen molar-refractivity contribution in [1.29, 1.82) is 0 Å². The van der Waals surface area contributed by atoms with E-state index in [2.05, 4.69) is 27.1 Å². The van der Waals surface area contributed by atoms with E-state index in [9.17, 15) is 9.18 Å². The summed E-state index contributed by atoms with van der Waals surface area (Å²) in [5, 5.41) is 3.03. The second-order valence-corrected chi connectivity index (χ2v) is 6.68. The Hall–Kier alpha value is -2.50. The number of nitrogens with zero attached hydrogens (tertiary/aromatic N) is 3. The molecule has 1 aliphatic heterocycles. The largest absolute Gasteiger partial charge is 0.356 e. The van der Waals surface area contributed by atoms with Crippen molar-refractivity contribution >= 4 is 11.7 Å². The molecule has 0 aliphatic carbocycles. The van der Waals surface area contributed by atoms with Gasteiger partial charge in [0, 0.05) is 31.4 Å². The topological polar surface area (TPSA) is 58.1 Å². The van der Waals surface area contributed by atoms with Gasteiger partial charge in [-0.1, -0.05) is 25.5 Å². The van der Waals surface area contributed by atoms with Gasteiger partial charge in [-0.2, -0.15) is 0 Å². The molecule has 1 atom stereocenters. The van der Waals surface area contributed by atoms with Crippen LogP contribution >= 0.6 is 0 Å². The van der Waals surface area contributed by atoms with E-state index in [4.69, 9.17) is 0 Å². The quantitative estimate of drug-likeness (QED) is 0.806. The molecule has 1 saturated heterocycles. The van der Waals surface area contributed by atoms with Gasteiger partial charge in [-0.25, -0.2) is 14.4 Å². The summed E-state index contributed by atoms with van der Waals surface area (Å²) in [7, 11) is 0. The van der Waals surface area contributed by atoms with E-state index < -0.39 is 0 Å². The van der Waals surface area contributed by atoms with Crippen LogP contribution in [0.3, 0.4) is 0 Å². The highest BCUT2D eigenvalue weighted by molar-refractivity contribution is 5.79. The average molecular weight is 356 g/mol. The van der Waals surface area contributed by atoms with Crippen LogP contribution in [0.5, 0.6) is 0 Å². The zero-order chi connectivity index (χ0) is 18.4. The lowest BCUT2D eigenvalue weighted by Gasteiger charge is -2.33. The number of rotatable bonds is 6. The fourth-order valence-electron chi connectivity index (χ4n) is 3.22.